The Kier molecular flexibility index (Phi) is 14.0. The SMILES string of the molecule is CCOCCCNC(=NCc1ccc(OC)cc1)NCCC(=O)Nc1cccc(C)n1.I. The summed E-state index contributed by atoms with van der Waals surface area (Å²) < 4.78 is 10.6. The molecule has 8 nitrogen and oxygen atoms in total. The zero-order chi connectivity index (χ0) is 22.3. The van der Waals surface area contributed by atoms with Crippen LogP contribution < -0.4 is 20.7 Å². The standard InChI is InChI=1S/C23H33N5O3.HI/c1-4-31-16-6-14-24-23(26-17-19-9-11-20(30-3)12-10-19)25-15-13-22(29)28-21-8-5-7-18(2)27-21;/h5,7-12H,4,6,13-17H2,1-3H3,(H2,24,25,26)(H,27,28,29);1H. The van der Waals surface area contributed by atoms with Gasteiger partial charge in [-0.3, -0.25) is 4.79 Å². The second-order valence-electron chi connectivity index (χ2n) is 6.88. The molecule has 0 atom stereocenters. The molecule has 0 unspecified atom stereocenters. The van der Waals surface area contributed by atoms with Crippen LogP contribution in [-0.2, 0) is 16.1 Å². The minimum absolute atomic E-state index is 0. The van der Waals surface area contributed by atoms with Gasteiger partial charge >= 0.3 is 0 Å². The van der Waals surface area contributed by atoms with Crippen molar-refractivity contribution >= 4 is 41.7 Å². The number of halogens is 1. The predicted molar refractivity (Wildman–Crippen MR) is 139 cm³/mol. The van der Waals surface area contributed by atoms with Gasteiger partial charge in [-0.05, 0) is 50.1 Å². The largest absolute Gasteiger partial charge is 0.497 e. The Balaban J connectivity index is 0.00000512. The van der Waals surface area contributed by atoms with Gasteiger partial charge in [-0.2, -0.15) is 0 Å². The first-order valence-corrected chi connectivity index (χ1v) is 10.6. The molecule has 9 heteroatoms. The molecule has 0 radical (unpaired) electrons. The average Bonchev–Trinajstić information content (AvgIpc) is 2.77. The summed E-state index contributed by atoms with van der Waals surface area (Å²) in [6.45, 7) is 6.98. The Hall–Kier alpha value is -2.40. The Bertz CT molecular complexity index is 831. The number of carbonyl (C=O) groups is 1. The summed E-state index contributed by atoms with van der Waals surface area (Å²) in [6, 6.07) is 13.3. The average molecular weight is 555 g/mol. The molecular formula is C23H34IN5O3. The van der Waals surface area contributed by atoms with E-state index in [4.69, 9.17) is 9.47 Å². The molecule has 1 aromatic heterocycles. The topological polar surface area (TPSA) is 96.9 Å². The smallest absolute Gasteiger partial charge is 0.227 e. The fraction of sp³-hybridized carbons (Fsp3) is 0.435. The quantitative estimate of drug-likeness (QED) is 0.161. The number of nitrogens with one attached hydrogen (secondary N) is 3. The first kappa shape index (κ1) is 27.6. The third-order valence-electron chi connectivity index (χ3n) is 4.34. The van der Waals surface area contributed by atoms with Crippen LogP contribution in [0.5, 0.6) is 5.75 Å². The number of amides is 1. The van der Waals surface area contributed by atoms with Gasteiger partial charge in [0.05, 0.1) is 13.7 Å². The molecule has 176 valence electrons. The van der Waals surface area contributed by atoms with Crippen LogP contribution in [-0.4, -0.2) is 50.3 Å². The molecule has 0 spiro atoms. The minimum atomic E-state index is -0.101. The summed E-state index contributed by atoms with van der Waals surface area (Å²) >= 11 is 0. The van der Waals surface area contributed by atoms with Gasteiger partial charge in [0, 0.05) is 38.4 Å². The fourth-order valence-corrected chi connectivity index (χ4v) is 2.71. The molecule has 2 aromatic rings. The molecule has 0 saturated heterocycles. The lowest BCUT2D eigenvalue weighted by Gasteiger charge is -2.13. The van der Waals surface area contributed by atoms with Crippen molar-refractivity contribution in [3.8, 4) is 5.75 Å². The van der Waals surface area contributed by atoms with Gasteiger partial charge in [0.2, 0.25) is 5.91 Å². The number of benzene rings is 1. The highest BCUT2D eigenvalue weighted by Crippen LogP contribution is 2.11. The summed E-state index contributed by atoms with van der Waals surface area (Å²) in [5.41, 5.74) is 1.93. The number of ether oxygens (including phenoxy) is 2. The maximum atomic E-state index is 12.2. The molecule has 2 rings (SSSR count). The summed E-state index contributed by atoms with van der Waals surface area (Å²) in [4.78, 5) is 21.1. The maximum absolute atomic E-state index is 12.2. The van der Waals surface area contributed by atoms with E-state index >= 15 is 0 Å². The monoisotopic (exact) mass is 555 g/mol. The summed E-state index contributed by atoms with van der Waals surface area (Å²) in [5.74, 6) is 1.94. The molecule has 0 aliphatic rings. The summed E-state index contributed by atoms with van der Waals surface area (Å²) in [5, 5.41) is 9.33. The Morgan fingerprint density at radius 3 is 2.53 bits per heavy atom. The number of aromatic nitrogens is 1. The minimum Gasteiger partial charge on any atom is -0.497 e. The molecule has 0 aliphatic carbocycles. The molecule has 0 fully saturated rings. The van der Waals surface area contributed by atoms with Gasteiger partial charge in [0.15, 0.2) is 5.96 Å². The Morgan fingerprint density at radius 1 is 1.09 bits per heavy atom. The van der Waals surface area contributed by atoms with Gasteiger partial charge in [-0.1, -0.05) is 18.2 Å². The number of aryl methyl sites for hydroxylation is 1. The third-order valence-corrected chi connectivity index (χ3v) is 4.34. The first-order chi connectivity index (χ1) is 15.1. The summed E-state index contributed by atoms with van der Waals surface area (Å²) in [6.07, 6.45) is 1.17. The summed E-state index contributed by atoms with van der Waals surface area (Å²) in [7, 11) is 1.65. The Morgan fingerprint density at radius 2 is 1.84 bits per heavy atom. The van der Waals surface area contributed by atoms with Gasteiger partial charge in [-0.25, -0.2) is 9.98 Å². The van der Waals surface area contributed by atoms with E-state index in [1.165, 1.54) is 0 Å². The van der Waals surface area contributed by atoms with Crippen molar-refractivity contribution in [2.24, 2.45) is 4.99 Å². The van der Waals surface area contributed by atoms with Crippen LogP contribution in [0.2, 0.25) is 0 Å². The molecule has 0 aliphatic heterocycles. The van der Waals surface area contributed by atoms with Crippen LogP contribution in [0.25, 0.3) is 0 Å². The van der Waals surface area contributed by atoms with Crippen LogP contribution in [0, 0.1) is 6.92 Å². The first-order valence-electron chi connectivity index (χ1n) is 10.6. The van der Waals surface area contributed by atoms with Crippen molar-refractivity contribution in [2.45, 2.75) is 33.2 Å². The normalized spacial score (nSPS) is 10.8. The lowest BCUT2D eigenvalue weighted by molar-refractivity contribution is -0.116. The molecule has 32 heavy (non-hydrogen) atoms. The molecular weight excluding hydrogens is 521 g/mol. The van der Waals surface area contributed by atoms with E-state index < -0.39 is 0 Å². The number of hydrogen-bond acceptors (Lipinski definition) is 5. The zero-order valence-electron chi connectivity index (χ0n) is 19.0. The molecule has 0 bridgehead atoms. The Labute approximate surface area is 207 Å². The van der Waals surface area contributed by atoms with Gasteiger partial charge in [0.1, 0.15) is 11.6 Å². The van der Waals surface area contributed by atoms with E-state index in [0.29, 0.717) is 44.5 Å². The number of guanidine groups is 1. The van der Waals surface area contributed by atoms with Crippen molar-refractivity contribution in [1.82, 2.24) is 15.6 Å². The molecule has 1 heterocycles. The lowest BCUT2D eigenvalue weighted by Crippen LogP contribution is -2.39. The molecule has 1 amide bonds. The van der Waals surface area contributed by atoms with Crippen molar-refractivity contribution in [2.75, 3.05) is 38.7 Å². The number of carbonyl (C=O) groups excluding carboxylic acids is 1. The molecule has 3 N–H and O–H groups in total. The zero-order valence-corrected chi connectivity index (χ0v) is 21.3. The van der Waals surface area contributed by atoms with Gasteiger partial charge < -0.3 is 25.4 Å². The number of anilines is 1. The maximum Gasteiger partial charge on any atom is 0.227 e. The number of hydrogen-bond donors (Lipinski definition) is 3. The van der Waals surface area contributed by atoms with Crippen LogP contribution >= 0.6 is 24.0 Å². The van der Waals surface area contributed by atoms with Crippen LogP contribution in [0.15, 0.2) is 47.5 Å². The number of aliphatic imine (C=N–C) groups is 1. The number of rotatable bonds is 12. The van der Waals surface area contributed by atoms with Crippen LogP contribution in [0.3, 0.4) is 0 Å². The highest BCUT2D eigenvalue weighted by molar-refractivity contribution is 14.0. The number of methoxy groups -OCH3 is 1. The van der Waals surface area contributed by atoms with Crippen molar-refractivity contribution in [3.63, 3.8) is 0 Å². The number of nitrogens with zero attached hydrogens (tertiary/aromatic N) is 2. The molecule has 1 aromatic carbocycles. The van der Waals surface area contributed by atoms with Gasteiger partial charge in [0.25, 0.3) is 0 Å². The van der Waals surface area contributed by atoms with Crippen molar-refractivity contribution in [3.05, 3.63) is 53.7 Å². The second-order valence-corrected chi connectivity index (χ2v) is 6.88. The highest BCUT2D eigenvalue weighted by atomic mass is 127. The van der Waals surface area contributed by atoms with Crippen LogP contribution in [0.1, 0.15) is 31.0 Å². The molecule has 0 saturated carbocycles. The van der Waals surface area contributed by atoms with E-state index in [1.54, 1.807) is 13.2 Å². The van der Waals surface area contributed by atoms with E-state index in [2.05, 4.69) is 25.9 Å². The second kappa shape index (κ2) is 16.3. The van der Waals surface area contributed by atoms with Gasteiger partial charge in [-0.15, -0.1) is 24.0 Å². The van der Waals surface area contributed by atoms with E-state index in [0.717, 1.165) is 30.0 Å². The highest BCUT2D eigenvalue weighted by Gasteiger charge is 2.05. The van der Waals surface area contributed by atoms with E-state index in [9.17, 15) is 4.79 Å². The third kappa shape index (κ3) is 11.3. The number of pyridine rings is 1. The van der Waals surface area contributed by atoms with Crippen molar-refractivity contribution in [1.29, 1.82) is 0 Å². The van der Waals surface area contributed by atoms with Crippen molar-refractivity contribution < 1.29 is 14.3 Å². The van der Waals surface area contributed by atoms with Crippen LogP contribution in [0.4, 0.5) is 5.82 Å². The van der Waals surface area contributed by atoms with E-state index in [-0.39, 0.29) is 29.9 Å². The lowest BCUT2D eigenvalue weighted by atomic mass is 10.2. The van der Waals surface area contributed by atoms with E-state index in [1.807, 2.05) is 50.2 Å². The predicted octanol–water partition coefficient (Wildman–Crippen LogP) is 3.51. The fourth-order valence-electron chi connectivity index (χ4n) is 2.71.